The number of halogens is 1. The lowest BCUT2D eigenvalue weighted by atomic mass is 10.1. The summed E-state index contributed by atoms with van der Waals surface area (Å²) in [6, 6.07) is 10.1. The monoisotopic (exact) mass is 242 g/mol. The van der Waals surface area contributed by atoms with E-state index in [4.69, 9.17) is 0 Å². The summed E-state index contributed by atoms with van der Waals surface area (Å²) in [5.74, 6) is 0.105. The van der Waals surface area contributed by atoms with E-state index in [0.717, 1.165) is 5.56 Å². The first kappa shape index (κ1) is 14.9. The van der Waals surface area contributed by atoms with E-state index in [1.165, 1.54) is 0 Å². The van der Waals surface area contributed by atoms with Crippen molar-refractivity contribution in [2.24, 2.45) is 0 Å². The van der Waals surface area contributed by atoms with Gasteiger partial charge in [-0.05, 0) is 19.5 Å². The highest BCUT2D eigenvalue weighted by Gasteiger charge is 2.15. The molecule has 1 aromatic carbocycles. The molecule has 0 aromatic heterocycles. The molecule has 0 radical (unpaired) electrons. The Kier molecular flexibility index (Phi) is 6.77. The number of hydrogen-bond acceptors (Lipinski definition) is 2. The molecule has 1 rings (SSSR count). The standard InChI is InChI=1S/C12H18N2O.ClH/c1-10(11-7-5-4-6-8-11)14(3)12(15)9-13-2;/h4-8,10,13H,9H2,1-3H3;1H. The Bertz CT molecular complexity index is 316. The van der Waals surface area contributed by atoms with Gasteiger partial charge in [0.05, 0.1) is 12.6 Å². The van der Waals surface area contributed by atoms with Crippen molar-refractivity contribution in [3.63, 3.8) is 0 Å². The van der Waals surface area contributed by atoms with Crippen LogP contribution in [0.3, 0.4) is 0 Å². The molecule has 0 bridgehead atoms. The van der Waals surface area contributed by atoms with E-state index in [2.05, 4.69) is 5.32 Å². The average molecular weight is 243 g/mol. The molecule has 0 heterocycles. The molecule has 1 unspecified atom stereocenters. The molecule has 0 saturated heterocycles. The van der Waals surface area contributed by atoms with Gasteiger partial charge in [0.15, 0.2) is 0 Å². The summed E-state index contributed by atoms with van der Waals surface area (Å²) in [6.45, 7) is 2.41. The molecule has 0 aliphatic heterocycles. The van der Waals surface area contributed by atoms with Crippen molar-refractivity contribution in [1.29, 1.82) is 0 Å². The van der Waals surface area contributed by atoms with Crippen LogP contribution in [0.5, 0.6) is 0 Å². The van der Waals surface area contributed by atoms with Crippen LogP contribution in [-0.2, 0) is 4.79 Å². The van der Waals surface area contributed by atoms with E-state index in [1.54, 1.807) is 11.9 Å². The highest BCUT2D eigenvalue weighted by molar-refractivity contribution is 5.85. The van der Waals surface area contributed by atoms with Crippen molar-refractivity contribution < 1.29 is 4.79 Å². The Balaban J connectivity index is 0.00000225. The Hall–Kier alpha value is -1.06. The van der Waals surface area contributed by atoms with E-state index in [0.29, 0.717) is 6.54 Å². The number of carbonyl (C=O) groups is 1. The number of rotatable bonds is 4. The Morgan fingerprint density at radius 3 is 2.44 bits per heavy atom. The second-order valence-corrected chi connectivity index (χ2v) is 3.62. The lowest BCUT2D eigenvalue weighted by Gasteiger charge is -2.25. The van der Waals surface area contributed by atoms with Crippen LogP contribution in [0.2, 0.25) is 0 Å². The van der Waals surface area contributed by atoms with Crippen molar-refractivity contribution in [3.05, 3.63) is 35.9 Å². The van der Waals surface area contributed by atoms with Gasteiger partial charge in [-0.1, -0.05) is 30.3 Å². The number of amides is 1. The Morgan fingerprint density at radius 2 is 1.94 bits per heavy atom. The highest BCUT2D eigenvalue weighted by atomic mass is 35.5. The van der Waals surface area contributed by atoms with Crippen LogP contribution in [0.15, 0.2) is 30.3 Å². The number of nitrogens with zero attached hydrogens (tertiary/aromatic N) is 1. The summed E-state index contributed by atoms with van der Waals surface area (Å²) in [4.78, 5) is 13.4. The normalized spacial score (nSPS) is 11.4. The van der Waals surface area contributed by atoms with E-state index < -0.39 is 0 Å². The molecule has 1 N–H and O–H groups in total. The molecular weight excluding hydrogens is 224 g/mol. The summed E-state index contributed by atoms with van der Waals surface area (Å²) < 4.78 is 0. The second-order valence-electron chi connectivity index (χ2n) is 3.62. The van der Waals surface area contributed by atoms with Crippen LogP contribution in [0.4, 0.5) is 0 Å². The topological polar surface area (TPSA) is 32.3 Å². The number of hydrogen-bond donors (Lipinski definition) is 1. The van der Waals surface area contributed by atoms with Gasteiger partial charge < -0.3 is 10.2 Å². The highest BCUT2D eigenvalue weighted by Crippen LogP contribution is 2.17. The van der Waals surface area contributed by atoms with Gasteiger partial charge in [0, 0.05) is 7.05 Å². The predicted octanol–water partition coefficient (Wildman–Crippen LogP) is 1.85. The summed E-state index contributed by atoms with van der Waals surface area (Å²) in [7, 11) is 3.61. The van der Waals surface area contributed by atoms with Gasteiger partial charge in [-0.25, -0.2) is 0 Å². The molecule has 1 aromatic rings. The van der Waals surface area contributed by atoms with Crippen molar-refractivity contribution >= 4 is 18.3 Å². The molecule has 1 atom stereocenters. The van der Waals surface area contributed by atoms with Crippen LogP contribution >= 0.6 is 12.4 Å². The minimum absolute atomic E-state index is 0. The summed E-state index contributed by atoms with van der Waals surface area (Å²) in [6.07, 6.45) is 0. The molecule has 0 aliphatic rings. The zero-order chi connectivity index (χ0) is 11.3. The van der Waals surface area contributed by atoms with Gasteiger partial charge in [0.2, 0.25) is 5.91 Å². The maximum absolute atomic E-state index is 11.6. The predicted molar refractivity (Wildman–Crippen MR) is 68.8 cm³/mol. The molecule has 4 heteroatoms. The maximum atomic E-state index is 11.6. The quantitative estimate of drug-likeness (QED) is 0.874. The summed E-state index contributed by atoms with van der Waals surface area (Å²) >= 11 is 0. The Labute approximate surface area is 103 Å². The van der Waals surface area contributed by atoms with E-state index in [1.807, 2.05) is 44.3 Å². The molecule has 90 valence electrons. The fourth-order valence-corrected chi connectivity index (χ4v) is 1.45. The van der Waals surface area contributed by atoms with Gasteiger partial charge in [-0.2, -0.15) is 0 Å². The molecular formula is C12H19ClN2O. The summed E-state index contributed by atoms with van der Waals surface area (Å²) in [5.41, 5.74) is 1.16. The molecule has 3 nitrogen and oxygen atoms in total. The van der Waals surface area contributed by atoms with E-state index in [9.17, 15) is 4.79 Å². The van der Waals surface area contributed by atoms with E-state index >= 15 is 0 Å². The van der Waals surface area contributed by atoms with Gasteiger partial charge in [0.1, 0.15) is 0 Å². The number of benzene rings is 1. The first-order valence-corrected chi connectivity index (χ1v) is 5.12. The number of carbonyl (C=O) groups excluding carboxylic acids is 1. The van der Waals surface area contributed by atoms with Crippen LogP contribution in [0.1, 0.15) is 18.5 Å². The van der Waals surface area contributed by atoms with Crippen LogP contribution in [0, 0.1) is 0 Å². The minimum Gasteiger partial charge on any atom is -0.338 e. The van der Waals surface area contributed by atoms with Gasteiger partial charge in [-0.15, -0.1) is 12.4 Å². The first-order chi connectivity index (χ1) is 7.16. The van der Waals surface area contributed by atoms with E-state index in [-0.39, 0.29) is 24.4 Å². The SMILES string of the molecule is CNCC(=O)N(C)C(C)c1ccccc1.Cl. The van der Waals surface area contributed by atoms with Crippen molar-refractivity contribution in [2.75, 3.05) is 20.6 Å². The number of nitrogens with one attached hydrogen (secondary N) is 1. The lowest BCUT2D eigenvalue weighted by molar-refractivity contribution is -0.130. The van der Waals surface area contributed by atoms with Gasteiger partial charge >= 0.3 is 0 Å². The fourth-order valence-electron chi connectivity index (χ4n) is 1.45. The zero-order valence-electron chi connectivity index (χ0n) is 9.93. The fraction of sp³-hybridized carbons (Fsp3) is 0.417. The van der Waals surface area contributed by atoms with Gasteiger partial charge in [-0.3, -0.25) is 4.79 Å². The summed E-state index contributed by atoms with van der Waals surface area (Å²) in [5, 5.41) is 2.86. The third-order valence-electron chi connectivity index (χ3n) is 2.58. The van der Waals surface area contributed by atoms with Crippen LogP contribution in [-0.4, -0.2) is 31.4 Å². The molecule has 1 amide bonds. The molecule has 0 spiro atoms. The van der Waals surface area contributed by atoms with Crippen molar-refractivity contribution in [2.45, 2.75) is 13.0 Å². The second kappa shape index (κ2) is 7.25. The number of likely N-dealkylation sites (N-methyl/N-ethyl adjacent to an activating group) is 2. The van der Waals surface area contributed by atoms with Crippen LogP contribution < -0.4 is 5.32 Å². The molecule has 0 saturated carbocycles. The molecule has 16 heavy (non-hydrogen) atoms. The Morgan fingerprint density at radius 1 is 1.38 bits per heavy atom. The third kappa shape index (κ3) is 3.83. The zero-order valence-corrected chi connectivity index (χ0v) is 10.8. The minimum atomic E-state index is 0. The largest absolute Gasteiger partial charge is 0.338 e. The smallest absolute Gasteiger partial charge is 0.236 e. The average Bonchev–Trinajstić information content (AvgIpc) is 2.28. The third-order valence-corrected chi connectivity index (χ3v) is 2.58. The lowest BCUT2D eigenvalue weighted by Crippen LogP contribution is -2.35. The maximum Gasteiger partial charge on any atom is 0.236 e. The van der Waals surface area contributed by atoms with Crippen molar-refractivity contribution in [1.82, 2.24) is 10.2 Å². The molecule has 0 aliphatic carbocycles. The first-order valence-electron chi connectivity index (χ1n) is 5.12. The molecule has 0 fully saturated rings. The van der Waals surface area contributed by atoms with Gasteiger partial charge in [0.25, 0.3) is 0 Å². The van der Waals surface area contributed by atoms with Crippen LogP contribution in [0.25, 0.3) is 0 Å². The van der Waals surface area contributed by atoms with Crippen molar-refractivity contribution in [3.8, 4) is 0 Å².